The van der Waals surface area contributed by atoms with Gasteiger partial charge in [0.05, 0.1) is 30.0 Å². The summed E-state index contributed by atoms with van der Waals surface area (Å²) in [6, 6.07) is 18.8. The van der Waals surface area contributed by atoms with Gasteiger partial charge >= 0.3 is 0 Å². The highest BCUT2D eigenvalue weighted by Gasteiger charge is 2.11. The van der Waals surface area contributed by atoms with Gasteiger partial charge in [-0.2, -0.15) is 4.98 Å². The van der Waals surface area contributed by atoms with Crippen molar-refractivity contribution in [2.75, 3.05) is 23.8 Å². The number of hydrogen-bond acceptors (Lipinski definition) is 6. The van der Waals surface area contributed by atoms with Gasteiger partial charge in [-0.05, 0) is 24.3 Å². The number of aliphatic hydroxyl groups is 1. The molecule has 0 saturated carbocycles. The smallest absolute Gasteiger partial charge is 0.271 e. The highest BCUT2D eigenvalue weighted by Crippen LogP contribution is 2.22. The quantitative estimate of drug-likeness (QED) is 0.447. The van der Waals surface area contributed by atoms with Crippen LogP contribution < -0.4 is 16.2 Å². The highest BCUT2D eigenvalue weighted by atomic mass is 16.3. The minimum absolute atomic E-state index is 0.0101. The maximum Gasteiger partial charge on any atom is 0.271 e. The molecule has 0 unspecified atom stereocenters. The number of nitrogens with zero attached hydrogens (tertiary/aromatic N) is 4. The Balaban J connectivity index is 1.61. The highest BCUT2D eigenvalue weighted by molar-refractivity contribution is 5.90. The summed E-state index contributed by atoms with van der Waals surface area (Å²) in [4.78, 5) is 21.6. The number of para-hydroxylation sites is 2. The van der Waals surface area contributed by atoms with Crippen molar-refractivity contribution in [1.29, 1.82) is 0 Å². The molecule has 29 heavy (non-hydrogen) atoms. The van der Waals surface area contributed by atoms with Gasteiger partial charge in [-0.3, -0.25) is 9.48 Å². The zero-order chi connectivity index (χ0) is 20.2. The van der Waals surface area contributed by atoms with Crippen LogP contribution in [0.2, 0.25) is 0 Å². The van der Waals surface area contributed by atoms with Gasteiger partial charge in [0.2, 0.25) is 5.95 Å². The lowest BCUT2D eigenvalue weighted by molar-refractivity contribution is 0.311. The number of aromatic nitrogens is 4. The van der Waals surface area contributed by atoms with Crippen molar-refractivity contribution in [3.63, 3.8) is 0 Å². The fraction of sp³-hybridized carbons (Fsp3) is 0.190. The maximum absolute atomic E-state index is 12.5. The molecule has 0 saturated heterocycles. The Morgan fingerprint density at radius 1 is 1.00 bits per heavy atom. The normalized spacial score (nSPS) is 11.0. The van der Waals surface area contributed by atoms with Crippen molar-refractivity contribution in [3.8, 4) is 5.69 Å². The molecule has 148 valence electrons. The average Bonchev–Trinajstić information content (AvgIpc) is 3.04. The Kier molecular flexibility index (Phi) is 5.26. The fourth-order valence-corrected chi connectivity index (χ4v) is 3.24. The third-order valence-corrected chi connectivity index (χ3v) is 4.65. The molecule has 0 bridgehead atoms. The predicted molar refractivity (Wildman–Crippen MR) is 113 cm³/mol. The zero-order valence-electron chi connectivity index (χ0n) is 16.0. The lowest BCUT2D eigenvalue weighted by Gasteiger charge is -2.12. The largest absolute Gasteiger partial charge is 0.395 e. The molecule has 0 spiro atoms. The van der Waals surface area contributed by atoms with E-state index >= 15 is 0 Å². The summed E-state index contributed by atoms with van der Waals surface area (Å²) >= 11 is 0. The first kappa shape index (κ1) is 18.7. The second-order valence-electron chi connectivity index (χ2n) is 6.56. The molecule has 0 atom stereocenters. The molecular weight excluding hydrogens is 368 g/mol. The SMILES string of the molecule is Cn1c(CNc2nc(NCCO)c3ccccc3n2)cc(=O)n1-c1ccccc1. The third-order valence-electron chi connectivity index (χ3n) is 4.65. The van der Waals surface area contributed by atoms with Crippen LogP contribution in [-0.2, 0) is 13.6 Å². The standard InChI is InChI=1S/C21H22N6O2/c1-26-16(13-19(29)27(26)15-7-3-2-4-8-15)14-23-21-24-18-10-6-5-9-17(18)20(25-21)22-11-12-28/h2-10,13,28H,11-12,14H2,1H3,(H2,22,23,24,25). The van der Waals surface area contributed by atoms with Crippen LogP contribution in [0.3, 0.4) is 0 Å². The van der Waals surface area contributed by atoms with E-state index in [0.29, 0.717) is 24.9 Å². The van der Waals surface area contributed by atoms with Crippen LogP contribution in [0.15, 0.2) is 65.5 Å². The van der Waals surface area contributed by atoms with Crippen LogP contribution in [0, 0.1) is 0 Å². The van der Waals surface area contributed by atoms with E-state index in [0.717, 1.165) is 22.3 Å². The molecular formula is C21H22N6O2. The summed E-state index contributed by atoms with van der Waals surface area (Å²) in [7, 11) is 1.85. The summed E-state index contributed by atoms with van der Waals surface area (Å²) < 4.78 is 3.43. The summed E-state index contributed by atoms with van der Waals surface area (Å²) in [6.07, 6.45) is 0. The molecule has 0 amide bonds. The molecule has 8 heteroatoms. The number of fused-ring (bicyclic) bond motifs is 1. The zero-order valence-corrected chi connectivity index (χ0v) is 16.0. The number of aliphatic hydroxyl groups excluding tert-OH is 1. The molecule has 0 aliphatic carbocycles. The Morgan fingerprint density at radius 2 is 1.76 bits per heavy atom. The van der Waals surface area contributed by atoms with E-state index in [9.17, 15) is 4.79 Å². The number of benzene rings is 2. The second-order valence-corrected chi connectivity index (χ2v) is 6.56. The average molecular weight is 390 g/mol. The maximum atomic E-state index is 12.5. The summed E-state index contributed by atoms with van der Waals surface area (Å²) in [5.41, 5.74) is 2.31. The lowest BCUT2D eigenvalue weighted by atomic mass is 10.2. The molecule has 3 N–H and O–H groups in total. The predicted octanol–water partition coefficient (Wildman–Crippen LogP) is 2.14. The minimum Gasteiger partial charge on any atom is -0.395 e. The van der Waals surface area contributed by atoms with Crippen LogP contribution in [0.5, 0.6) is 0 Å². The first-order valence-corrected chi connectivity index (χ1v) is 9.36. The summed E-state index contributed by atoms with van der Waals surface area (Å²) in [5, 5.41) is 16.3. The molecule has 2 aromatic heterocycles. The molecule has 2 aromatic carbocycles. The van der Waals surface area contributed by atoms with Crippen molar-refractivity contribution in [1.82, 2.24) is 19.3 Å². The van der Waals surface area contributed by atoms with E-state index in [2.05, 4.69) is 20.6 Å². The molecule has 0 fully saturated rings. The molecule has 4 aromatic rings. The van der Waals surface area contributed by atoms with Gasteiger partial charge in [0.25, 0.3) is 5.56 Å². The minimum atomic E-state index is -0.0970. The van der Waals surface area contributed by atoms with Gasteiger partial charge in [-0.25, -0.2) is 9.67 Å². The molecule has 0 aliphatic heterocycles. The summed E-state index contributed by atoms with van der Waals surface area (Å²) in [6.45, 7) is 0.800. The van der Waals surface area contributed by atoms with Gasteiger partial charge < -0.3 is 15.7 Å². The summed E-state index contributed by atoms with van der Waals surface area (Å²) in [5.74, 6) is 1.10. The van der Waals surface area contributed by atoms with Crippen LogP contribution >= 0.6 is 0 Å². The Morgan fingerprint density at radius 3 is 2.55 bits per heavy atom. The number of rotatable bonds is 7. The molecule has 0 radical (unpaired) electrons. The number of nitrogens with one attached hydrogen (secondary N) is 2. The van der Waals surface area contributed by atoms with Gasteiger partial charge in [0, 0.05) is 25.0 Å². The third kappa shape index (κ3) is 3.83. The Bertz CT molecular complexity index is 1180. The monoisotopic (exact) mass is 390 g/mol. The van der Waals surface area contributed by atoms with Crippen LogP contribution in [0.25, 0.3) is 16.6 Å². The molecule has 4 rings (SSSR count). The van der Waals surface area contributed by atoms with Crippen LogP contribution in [-0.4, -0.2) is 37.6 Å². The van der Waals surface area contributed by atoms with E-state index in [1.807, 2.05) is 66.3 Å². The first-order chi connectivity index (χ1) is 14.2. The van der Waals surface area contributed by atoms with Crippen LogP contribution in [0.1, 0.15) is 5.69 Å². The van der Waals surface area contributed by atoms with Crippen LogP contribution in [0.4, 0.5) is 11.8 Å². The number of anilines is 2. The van der Waals surface area contributed by atoms with Gasteiger partial charge in [0.15, 0.2) is 0 Å². The van der Waals surface area contributed by atoms with Crippen molar-refractivity contribution in [2.45, 2.75) is 6.54 Å². The van der Waals surface area contributed by atoms with E-state index in [1.54, 1.807) is 10.7 Å². The molecule has 2 heterocycles. The van der Waals surface area contributed by atoms with Gasteiger partial charge in [0.1, 0.15) is 5.82 Å². The Labute approximate surface area is 167 Å². The topological polar surface area (TPSA) is 97.0 Å². The van der Waals surface area contributed by atoms with Crippen molar-refractivity contribution >= 4 is 22.7 Å². The second kappa shape index (κ2) is 8.15. The van der Waals surface area contributed by atoms with Gasteiger partial charge in [-0.15, -0.1) is 0 Å². The van der Waals surface area contributed by atoms with E-state index in [-0.39, 0.29) is 12.2 Å². The van der Waals surface area contributed by atoms with Crippen molar-refractivity contribution < 1.29 is 5.11 Å². The van der Waals surface area contributed by atoms with Crippen molar-refractivity contribution in [3.05, 3.63) is 76.7 Å². The van der Waals surface area contributed by atoms with Crippen molar-refractivity contribution in [2.24, 2.45) is 7.05 Å². The van der Waals surface area contributed by atoms with Gasteiger partial charge in [-0.1, -0.05) is 30.3 Å². The number of hydrogen-bond donors (Lipinski definition) is 3. The first-order valence-electron chi connectivity index (χ1n) is 9.36. The van der Waals surface area contributed by atoms with E-state index in [1.165, 1.54) is 0 Å². The Hall–Kier alpha value is -3.65. The lowest BCUT2D eigenvalue weighted by Crippen LogP contribution is -2.19. The fourth-order valence-electron chi connectivity index (χ4n) is 3.24. The van der Waals surface area contributed by atoms with E-state index in [4.69, 9.17) is 5.11 Å². The molecule has 0 aliphatic rings. The van der Waals surface area contributed by atoms with E-state index < -0.39 is 0 Å². The molecule has 8 nitrogen and oxygen atoms in total.